The molecule has 0 bridgehead atoms. The number of benzene rings is 2. The van der Waals surface area contributed by atoms with Crippen LogP contribution in [0.5, 0.6) is 5.75 Å². The number of alkyl halides is 3. The summed E-state index contributed by atoms with van der Waals surface area (Å²) >= 11 is 3.44. The van der Waals surface area contributed by atoms with Gasteiger partial charge in [0, 0.05) is 27.7 Å². The van der Waals surface area contributed by atoms with E-state index < -0.39 is 35.9 Å². The van der Waals surface area contributed by atoms with E-state index in [2.05, 4.69) is 15.9 Å². The lowest BCUT2D eigenvalue weighted by atomic mass is 9.89. The molecule has 4 rings (SSSR count). The van der Waals surface area contributed by atoms with Crippen molar-refractivity contribution in [1.29, 1.82) is 0 Å². The lowest BCUT2D eigenvalue weighted by Gasteiger charge is -2.31. The van der Waals surface area contributed by atoms with Gasteiger partial charge >= 0.3 is 18.1 Å². The molecule has 1 aliphatic heterocycles. The number of ether oxygens (including phenoxy) is 1. The maximum Gasteiger partial charge on any atom is 0.471 e. The topological polar surface area (TPSA) is 66.8 Å². The van der Waals surface area contributed by atoms with Gasteiger partial charge in [0.15, 0.2) is 0 Å². The number of rotatable bonds is 4. The van der Waals surface area contributed by atoms with E-state index >= 15 is 0 Å². The van der Waals surface area contributed by atoms with Crippen molar-refractivity contribution in [3.05, 3.63) is 57.6 Å². The second-order valence-electron chi connectivity index (χ2n) is 7.80. The van der Waals surface area contributed by atoms with E-state index in [9.17, 15) is 27.9 Å². The highest BCUT2D eigenvalue weighted by atomic mass is 79.9. The molecule has 1 heterocycles. The molecule has 1 amide bonds. The molecule has 5 nitrogen and oxygen atoms in total. The van der Waals surface area contributed by atoms with Crippen LogP contribution in [0.1, 0.15) is 42.0 Å². The van der Waals surface area contributed by atoms with Crippen molar-refractivity contribution >= 4 is 33.5 Å². The number of hydrogen-bond donors (Lipinski definition) is 1. The highest BCUT2D eigenvalue weighted by Crippen LogP contribution is 2.46. The number of carbonyl (C=O) groups excluding carboxylic acids is 1. The van der Waals surface area contributed by atoms with Crippen LogP contribution in [-0.4, -0.2) is 29.8 Å². The third kappa shape index (κ3) is 3.79. The number of aliphatic carboxylic acids is 1. The Balaban J connectivity index is 1.76. The summed E-state index contributed by atoms with van der Waals surface area (Å²) in [5, 5.41) is 9.29. The Morgan fingerprint density at radius 2 is 1.97 bits per heavy atom. The fourth-order valence-corrected chi connectivity index (χ4v) is 4.97. The fourth-order valence-electron chi connectivity index (χ4n) is 4.39. The first-order chi connectivity index (χ1) is 14.6. The Hall–Kier alpha value is -2.55. The van der Waals surface area contributed by atoms with Crippen LogP contribution in [0.25, 0.3) is 0 Å². The van der Waals surface area contributed by atoms with Crippen molar-refractivity contribution in [2.45, 2.75) is 37.9 Å². The Morgan fingerprint density at radius 1 is 1.23 bits per heavy atom. The molecule has 0 aromatic heterocycles. The van der Waals surface area contributed by atoms with Gasteiger partial charge in [-0.15, -0.1) is 0 Å². The van der Waals surface area contributed by atoms with Crippen LogP contribution < -0.4 is 9.64 Å². The van der Waals surface area contributed by atoms with Crippen LogP contribution in [0, 0.1) is 5.92 Å². The molecule has 0 fully saturated rings. The van der Waals surface area contributed by atoms with Crippen molar-refractivity contribution in [3.8, 4) is 5.75 Å². The summed E-state index contributed by atoms with van der Waals surface area (Å²) in [6, 6.07) is 8.94. The van der Waals surface area contributed by atoms with Crippen molar-refractivity contribution in [3.63, 3.8) is 0 Å². The van der Waals surface area contributed by atoms with E-state index in [4.69, 9.17) is 4.74 Å². The van der Waals surface area contributed by atoms with Gasteiger partial charge in [-0.3, -0.25) is 14.5 Å². The van der Waals surface area contributed by atoms with Crippen LogP contribution in [0.15, 0.2) is 40.9 Å². The molecule has 1 aliphatic carbocycles. The van der Waals surface area contributed by atoms with Crippen molar-refractivity contribution in [2.24, 2.45) is 5.92 Å². The molecule has 1 N–H and O–H groups in total. The third-order valence-electron chi connectivity index (χ3n) is 6.04. The van der Waals surface area contributed by atoms with E-state index in [-0.39, 0.29) is 12.3 Å². The average molecular weight is 498 g/mol. The molecule has 0 saturated heterocycles. The summed E-state index contributed by atoms with van der Waals surface area (Å²) in [5.41, 5.74) is 2.25. The lowest BCUT2D eigenvalue weighted by Crippen LogP contribution is -2.43. The van der Waals surface area contributed by atoms with Crippen LogP contribution in [-0.2, 0) is 16.0 Å². The average Bonchev–Trinajstić information content (AvgIpc) is 3.32. The SMILES string of the molecule is CC(C(=O)O)[C@@H]1COc2cc(N(C(=O)C(F)(F)F)C3CCc4c(Br)cccc43)ccc21. The quantitative estimate of drug-likeness (QED) is 0.628. The number of nitrogens with zero attached hydrogens (tertiary/aromatic N) is 1. The minimum Gasteiger partial charge on any atom is -0.493 e. The monoisotopic (exact) mass is 497 g/mol. The highest BCUT2D eigenvalue weighted by Gasteiger charge is 2.47. The molecular formula is C22H19BrF3NO4. The zero-order valence-corrected chi connectivity index (χ0v) is 18.0. The molecule has 3 atom stereocenters. The number of carboxylic acid groups (broad SMARTS) is 1. The second-order valence-corrected chi connectivity index (χ2v) is 8.66. The largest absolute Gasteiger partial charge is 0.493 e. The van der Waals surface area contributed by atoms with Gasteiger partial charge in [0.25, 0.3) is 0 Å². The minimum absolute atomic E-state index is 0.0718. The van der Waals surface area contributed by atoms with Crippen LogP contribution in [0.4, 0.5) is 18.9 Å². The molecule has 2 aromatic carbocycles. The van der Waals surface area contributed by atoms with E-state index in [0.29, 0.717) is 29.7 Å². The summed E-state index contributed by atoms with van der Waals surface area (Å²) in [6.07, 6.45) is -4.14. The summed E-state index contributed by atoms with van der Waals surface area (Å²) in [4.78, 5) is 24.6. The van der Waals surface area contributed by atoms with Gasteiger partial charge in [0.05, 0.1) is 18.6 Å². The van der Waals surface area contributed by atoms with Crippen LogP contribution in [0.2, 0.25) is 0 Å². The number of fused-ring (bicyclic) bond motifs is 2. The first-order valence-corrected chi connectivity index (χ1v) is 10.6. The fraction of sp³-hybridized carbons (Fsp3) is 0.364. The Kier molecular flexibility index (Phi) is 5.49. The van der Waals surface area contributed by atoms with Crippen LogP contribution in [0.3, 0.4) is 0 Å². The van der Waals surface area contributed by atoms with Gasteiger partial charge in [0.1, 0.15) is 5.75 Å². The van der Waals surface area contributed by atoms with Crippen molar-refractivity contribution in [1.82, 2.24) is 0 Å². The number of carbonyl (C=O) groups is 2. The molecule has 0 spiro atoms. The molecule has 0 radical (unpaired) electrons. The lowest BCUT2D eigenvalue weighted by molar-refractivity contribution is -0.171. The molecule has 164 valence electrons. The summed E-state index contributed by atoms with van der Waals surface area (Å²) in [5.74, 6) is -3.73. The number of anilines is 1. The smallest absolute Gasteiger partial charge is 0.471 e. The summed E-state index contributed by atoms with van der Waals surface area (Å²) < 4.78 is 47.0. The molecule has 9 heteroatoms. The molecule has 2 aromatic rings. The first-order valence-electron chi connectivity index (χ1n) is 9.76. The molecule has 0 saturated carbocycles. The van der Waals surface area contributed by atoms with Gasteiger partial charge in [0.2, 0.25) is 0 Å². The molecule has 2 aliphatic rings. The van der Waals surface area contributed by atoms with E-state index in [0.717, 1.165) is 14.9 Å². The molecular weight excluding hydrogens is 479 g/mol. The van der Waals surface area contributed by atoms with Gasteiger partial charge in [-0.1, -0.05) is 41.1 Å². The maximum absolute atomic E-state index is 13.5. The zero-order valence-electron chi connectivity index (χ0n) is 16.4. The number of hydrogen-bond acceptors (Lipinski definition) is 3. The predicted molar refractivity (Wildman–Crippen MR) is 110 cm³/mol. The summed E-state index contributed by atoms with van der Waals surface area (Å²) in [6.45, 7) is 1.69. The van der Waals surface area contributed by atoms with Gasteiger partial charge in [-0.05, 0) is 36.1 Å². The minimum atomic E-state index is -5.05. The summed E-state index contributed by atoms with van der Waals surface area (Å²) in [7, 11) is 0. The standard InChI is InChI=1S/C22H19BrF3NO4/c1-11(20(28)29)16-10-31-19-9-12(5-6-15(16)19)27(21(30)22(24,25)26)18-8-7-13-14(18)3-2-4-17(13)23/h2-6,9,11,16,18H,7-8,10H2,1H3,(H,28,29)/t11?,16-,18?/m0/s1. The van der Waals surface area contributed by atoms with E-state index in [1.165, 1.54) is 12.1 Å². The van der Waals surface area contributed by atoms with E-state index in [1.807, 2.05) is 6.07 Å². The normalized spacial score (nSPS) is 20.5. The van der Waals surface area contributed by atoms with Crippen molar-refractivity contribution < 1.29 is 32.6 Å². The Bertz CT molecular complexity index is 1060. The Morgan fingerprint density at radius 3 is 2.65 bits per heavy atom. The second kappa shape index (κ2) is 7.85. The molecule has 2 unspecified atom stereocenters. The third-order valence-corrected chi connectivity index (χ3v) is 6.78. The maximum atomic E-state index is 13.5. The number of amides is 1. The zero-order chi connectivity index (χ0) is 22.5. The van der Waals surface area contributed by atoms with Gasteiger partial charge in [-0.25, -0.2) is 0 Å². The van der Waals surface area contributed by atoms with Crippen molar-refractivity contribution in [2.75, 3.05) is 11.5 Å². The van der Waals surface area contributed by atoms with E-state index in [1.54, 1.807) is 25.1 Å². The molecule has 31 heavy (non-hydrogen) atoms. The first kappa shape index (κ1) is 21.7. The highest BCUT2D eigenvalue weighted by molar-refractivity contribution is 9.10. The predicted octanol–water partition coefficient (Wildman–Crippen LogP) is 5.23. The number of carboxylic acids is 1. The van der Waals surface area contributed by atoms with Gasteiger partial charge < -0.3 is 9.84 Å². The van der Waals surface area contributed by atoms with Gasteiger partial charge in [-0.2, -0.15) is 13.2 Å². The Labute approximate surface area is 184 Å². The number of halogens is 4. The van der Waals surface area contributed by atoms with Crippen LogP contribution >= 0.6 is 15.9 Å².